The van der Waals surface area contributed by atoms with E-state index in [-0.39, 0.29) is 23.8 Å². The van der Waals surface area contributed by atoms with E-state index in [9.17, 15) is 9.59 Å². The van der Waals surface area contributed by atoms with Crippen LogP contribution >= 0.6 is 0 Å². The van der Waals surface area contributed by atoms with Gasteiger partial charge in [-0.15, -0.1) is 0 Å². The van der Waals surface area contributed by atoms with E-state index < -0.39 is 6.10 Å². The van der Waals surface area contributed by atoms with E-state index in [1.54, 1.807) is 29.2 Å². The molecule has 6 heteroatoms. The van der Waals surface area contributed by atoms with Gasteiger partial charge >= 0.3 is 0 Å². The highest BCUT2D eigenvalue weighted by Crippen LogP contribution is 2.28. The van der Waals surface area contributed by atoms with Gasteiger partial charge in [0.2, 0.25) is 0 Å². The Morgan fingerprint density at radius 3 is 2.64 bits per heavy atom. The smallest absolute Gasteiger partial charge is 0.254 e. The third kappa shape index (κ3) is 3.93. The molecule has 0 aromatic heterocycles. The Morgan fingerprint density at radius 2 is 1.89 bits per heavy atom. The lowest BCUT2D eigenvalue weighted by molar-refractivity contribution is -0.124. The van der Waals surface area contributed by atoms with Crippen molar-refractivity contribution in [1.82, 2.24) is 4.90 Å². The Morgan fingerprint density at radius 1 is 1.07 bits per heavy atom. The van der Waals surface area contributed by atoms with Crippen molar-refractivity contribution >= 4 is 17.5 Å². The molecule has 2 amide bonds. The number of carbonyl (C=O) groups is 2. The molecule has 2 heterocycles. The van der Waals surface area contributed by atoms with Crippen molar-refractivity contribution in [3.63, 3.8) is 0 Å². The van der Waals surface area contributed by atoms with E-state index >= 15 is 0 Å². The molecule has 1 unspecified atom stereocenters. The molecule has 6 nitrogen and oxygen atoms in total. The zero-order valence-electron chi connectivity index (χ0n) is 15.7. The van der Waals surface area contributed by atoms with Gasteiger partial charge in [-0.05, 0) is 36.6 Å². The van der Waals surface area contributed by atoms with Gasteiger partial charge in [-0.3, -0.25) is 9.59 Å². The van der Waals surface area contributed by atoms with Gasteiger partial charge in [0, 0.05) is 42.9 Å². The second-order valence-electron chi connectivity index (χ2n) is 7.46. The van der Waals surface area contributed by atoms with Crippen LogP contribution in [0.5, 0.6) is 0 Å². The SMILES string of the molecule is N[C@@H]1CN(C(=O)c2cccc(NC(=O)C3CCCO3)c2)C[C@H]1c1ccccc1. The molecule has 2 aromatic carbocycles. The highest BCUT2D eigenvalue weighted by Gasteiger charge is 2.34. The van der Waals surface area contributed by atoms with Gasteiger partial charge in [0.1, 0.15) is 6.10 Å². The Balaban J connectivity index is 1.44. The number of nitrogens with one attached hydrogen (secondary N) is 1. The monoisotopic (exact) mass is 379 g/mol. The van der Waals surface area contributed by atoms with E-state index in [4.69, 9.17) is 10.5 Å². The Bertz CT molecular complexity index is 849. The molecule has 0 radical (unpaired) electrons. The van der Waals surface area contributed by atoms with Crippen LogP contribution in [0.3, 0.4) is 0 Å². The first-order chi connectivity index (χ1) is 13.6. The summed E-state index contributed by atoms with van der Waals surface area (Å²) in [5.41, 5.74) is 8.63. The highest BCUT2D eigenvalue weighted by molar-refractivity contribution is 5.98. The summed E-state index contributed by atoms with van der Waals surface area (Å²) in [7, 11) is 0. The maximum Gasteiger partial charge on any atom is 0.254 e. The van der Waals surface area contributed by atoms with Crippen molar-refractivity contribution in [3.8, 4) is 0 Å². The zero-order chi connectivity index (χ0) is 19.5. The van der Waals surface area contributed by atoms with E-state index in [0.29, 0.717) is 30.9 Å². The second kappa shape index (κ2) is 8.12. The summed E-state index contributed by atoms with van der Waals surface area (Å²) < 4.78 is 5.41. The first-order valence-corrected chi connectivity index (χ1v) is 9.74. The normalized spacial score (nSPS) is 24.3. The minimum Gasteiger partial charge on any atom is -0.368 e. The van der Waals surface area contributed by atoms with Crippen molar-refractivity contribution in [2.75, 3.05) is 25.0 Å². The molecule has 4 rings (SSSR count). The predicted octanol–water partition coefficient (Wildman–Crippen LogP) is 2.37. The first kappa shape index (κ1) is 18.7. The summed E-state index contributed by atoms with van der Waals surface area (Å²) in [6, 6.07) is 17.0. The lowest BCUT2D eigenvalue weighted by Crippen LogP contribution is -2.32. The standard InChI is InChI=1S/C22H25N3O3/c23-19-14-25(13-18(19)15-6-2-1-3-7-15)22(27)16-8-4-9-17(12-16)24-21(26)20-10-5-11-28-20/h1-4,6-9,12,18-20H,5,10-11,13-14,23H2,(H,24,26)/t18-,19+,20?/m0/s1. The summed E-state index contributed by atoms with van der Waals surface area (Å²) in [4.78, 5) is 27.0. The van der Waals surface area contributed by atoms with Gasteiger partial charge in [0.25, 0.3) is 11.8 Å². The molecule has 0 bridgehead atoms. The number of carbonyl (C=O) groups excluding carboxylic acids is 2. The van der Waals surface area contributed by atoms with Crippen LogP contribution < -0.4 is 11.1 Å². The van der Waals surface area contributed by atoms with E-state index in [1.165, 1.54) is 0 Å². The number of ether oxygens (including phenoxy) is 1. The van der Waals surface area contributed by atoms with Crippen molar-refractivity contribution in [2.24, 2.45) is 5.73 Å². The summed E-state index contributed by atoms with van der Waals surface area (Å²) in [5, 5.41) is 2.85. The van der Waals surface area contributed by atoms with Gasteiger partial charge < -0.3 is 20.7 Å². The molecule has 146 valence electrons. The van der Waals surface area contributed by atoms with Crippen LogP contribution in [-0.4, -0.2) is 48.6 Å². The Kier molecular flexibility index (Phi) is 5.41. The Labute approximate surface area is 164 Å². The molecule has 2 aliphatic heterocycles. The number of nitrogens with zero attached hydrogens (tertiary/aromatic N) is 1. The highest BCUT2D eigenvalue weighted by atomic mass is 16.5. The molecule has 2 fully saturated rings. The molecule has 28 heavy (non-hydrogen) atoms. The number of hydrogen-bond acceptors (Lipinski definition) is 4. The topological polar surface area (TPSA) is 84.7 Å². The summed E-state index contributed by atoms with van der Waals surface area (Å²) >= 11 is 0. The van der Waals surface area contributed by atoms with Crippen LogP contribution in [0.25, 0.3) is 0 Å². The molecule has 2 aliphatic rings. The molecular formula is C22H25N3O3. The van der Waals surface area contributed by atoms with Gasteiger partial charge in [-0.2, -0.15) is 0 Å². The molecule has 0 aliphatic carbocycles. The number of anilines is 1. The number of hydrogen-bond donors (Lipinski definition) is 2. The van der Waals surface area contributed by atoms with E-state index in [2.05, 4.69) is 17.4 Å². The van der Waals surface area contributed by atoms with Crippen molar-refractivity contribution < 1.29 is 14.3 Å². The third-order valence-corrected chi connectivity index (χ3v) is 5.48. The van der Waals surface area contributed by atoms with Gasteiger partial charge in [-0.25, -0.2) is 0 Å². The van der Waals surface area contributed by atoms with Crippen molar-refractivity contribution in [3.05, 3.63) is 65.7 Å². The van der Waals surface area contributed by atoms with Gasteiger partial charge in [0.15, 0.2) is 0 Å². The van der Waals surface area contributed by atoms with Crippen LogP contribution in [0, 0.1) is 0 Å². The lowest BCUT2D eigenvalue weighted by Gasteiger charge is -2.17. The van der Waals surface area contributed by atoms with E-state index in [0.717, 1.165) is 18.4 Å². The largest absolute Gasteiger partial charge is 0.368 e. The lowest BCUT2D eigenvalue weighted by atomic mass is 9.95. The van der Waals surface area contributed by atoms with Crippen LogP contribution in [0.4, 0.5) is 5.69 Å². The first-order valence-electron chi connectivity index (χ1n) is 9.74. The quantitative estimate of drug-likeness (QED) is 0.854. The fourth-order valence-corrected chi connectivity index (χ4v) is 3.97. The number of rotatable bonds is 4. The van der Waals surface area contributed by atoms with Gasteiger partial charge in [0.05, 0.1) is 0 Å². The number of likely N-dealkylation sites (tertiary alicyclic amines) is 1. The van der Waals surface area contributed by atoms with Gasteiger partial charge in [-0.1, -0.05) is 36.4 Å². The molecule has 3 atom stereocenters. The molecule has 0 spiro atoms. The van der Waals surface area contributed by atoms with Crippen LogP contribution in [0.15, 0.2) is 54.6 Å². The zero-order valence-corrected chi connectivity index (χ0v) is 15.7. The van der Waals surface area contributed by atoms with Crippen molar-refractivity contribution in [1.29, 1.82) is 0 Å². The van der Waals surface area contributed by atoms with Crippen LogP contribution in [0.1, 0.15) is 34.7 Å². The van der Waals surface area contributed by atoms with E-state index in [1.807, 2.05) is 18.2 Å². The molecule has 3 N–H and O–H groups in total. The molecule has 2 saturated heterocycles. The number of nitrogens with two attached hydrogens (primary N) is 1. The third-order valence-electron chi connectivity index (χ3n) is 5.48. The Hall–Kier alpha value is -2.70. The maximum atomic E-state index is 13.0. The second-order valence-corrected chi connectivity index (χ2v) is 7.46. The average molecular weight is 379 g/mol. The number of amides is 2. The summed E-state index contributed by atoms with van der Waals surface area (Å²) in [6.45, 7) is 1.73. The van der Waals surface area contributed by atoms with Crippen LogP contribution in [-0.2, 0) is 9.53 Å². The van der Waals surface area contributed by atoms with Crippen molar-refractivity contribution in [2.45, 2.75) is 30.9 Å². The molecular weight excluding hydrogens is 354 g/mol. The number of benzene rings is 2. The van der Waals surface area contributed by atoms with Crippen LogP contribution in [0.2, 0.25) is 0 Å². The average Bonchev–Trinajstić information content (AvgIpc) is 3.38. The fraction of sp³-hybridized carbons (Fsp3) is 0.364. The maximum absolute atomic E-state index is 13.0. The minimum atomic E-state index is -0.400. The fourth-order valence-electron chi connectivity index (χ4n) is 3.97. The summed E-state index contributed by atoms with van der Waals surface area (Å²) in [5.74, 6) is -0.0934. The minimum absolute atomic E-state index is 0.0675. The predicted molar refractivity (Wildman–Crippen MR) is 107 cm³/mol. The molecule has 0 saturated carbocycles. The molecule has 2 aromatic rings. The summed E-state index contributed by atoms with van der Waals surface area (Å²) in [6.07, 6.45) is 1.23.